The highest BCUT2D eigenvalue weighted by molar-refractivity contribution is 5.82. The van der Waals surface area contributed by atoms with E-state index in [4.69, 9.17) is 4.42 Å². The molecule has 1 aromatic heterocycles. The Balaban J connectivity index is 2.26. The van der Waals surface area contributed by atoms with Gasteiger partial charge in [0, 0.05) is 10.9 Å². The molecule has 18 heavy (non-hydrogen) atoms. The molecule has 0 saturated heterocycles. The van der Waals surface area contributed by atoms with Gasteiger partial charge in [-0.3, -0.25) is 0 Å². The van der Waals surface area contributed by atoms with E-state index in [1.165, 1.54) is 0 Å². The van der Waals surface area contributed by atoms with Crippen molar-refractivity contribution in [3.05, 3.63) is 35.6 Å². The SMILES string of the molecule is Cc1cc2cccc(C3(N=C=O)CCCC3)c2o1. The summed E-state index contributed by atoms with van der Waals surface area (Å²) in [4.78, 5) is 14.9. The summed E-state index contributed by atoms with van der Waals surface area (Å²) in [6, 6.07) is 8.08. The van der Waals surface area contributed by atoms with Gasteiger partial charge in [-0.25, -0.2) is 4.79 Å². The van der Waals surface area contributed by atoms with Crippen LogP contribution in [0.4, 0.5) is 0 Å². The van der Waals surface area contributed by atoms with Crippen LogP contribution in [0.2, 0.25) is 0 Å². The molecule has 1 saturated carbocycles. The Labute approximate surface area is 106 Å². The van der Waals surface area contributed by atoms with Crippen molar-refractivity contribution >= 4 is 17.0 Å². The molecule has 3 rings (SSSR count). The van der Waals surface area contributed by atoms with Crippen LogP contribution in [-0.4, -0.2) is 6.08 Å². The molecule has 1 aliphatic carbocycles. The van der Waals surface area contributed by atoms with E-state index in [2.05, 4.69) is 4.99 Å². The van der Waals surface area contributed by atoms with Crippen LogP contribution in [0.5, 0.6) is 0 Å². The van der Waals surface area contributed by atoms with E-state index in [0.717, 1.165) is 48.0 Å². The number of carbonyl (C=O) groups excluding carboxylic acids is 1. The topological polar surface area (TPSA) is 42.6 Å². The van der Waals surface area contributed by atoms with Crippen LogP contribution in [-0.2, 0) is 10.3 Å². The maximum absolute atomic E-state index is 10.8. The summed E-state index contributed by atoms with van der Waals surface area (Å²) in [5.41, 5.74) is 1.50. The maximum Gasteiger partial charge on any atom is 0.235 e. The zero-order chi connectivity index (χ0) is 12.6. The second kappa shape index (κ2) is 4.11. The monoisotopic (exact) mass is 241 g/mol. The van der Waals surface area contributed by atoms with E-state index < -0.39 is 5.54 Å². The summed E-state index contributed by atoms with van der Waals surface area (Å²) in [6.07, 6.45) is 5.76. The minimum absolute atomic E-state index is 0.411. The highest BCUT2D eigenvalue weighted by atomic mass is 16.3. The first-order valence-electron chi connectivity index (χ1n) is 6.34. The van der Waals surface area contributed by atoms with Crippen molar-refractivity contribution in [1.82, 2.24) is 0 Å². The second-order valence-corrected chi connectivity index (χ2v) is 5.02. The molecule has 3 heteroatoms. The zero-order valence-electron chi connectivity index (χ0n) is 10.4. The van der Waals surface area contributed by atoms with E-state index in [9.17, 15) is 4.79 Å². The predicted octanol–water partition coefficient (Wildman–Crippen LogP) is 3.85. The number of para-hydroxylation sites is 1. The summed E-state index contributed by atoms with van der Waals surface area (Å²) in [7, 11) is 0. The van der Waals surface area contributed by atoms with Gasteiger partial charge in [-0.05, 0) is 25.8 Å². The van der Waals surface area contributed by atoms with Gasteiger partial charge in [0.05, 0.1) is 0 Å². The Kier molecular flexibility index (Phi) is 2.57. The number of furan rings is 1. The maximum atomic E-state index is 10.8. The molecule has 1 heterocycles. The largest absolute Gasteiger partial charge is 0.461 e. The summed E-state index contributed by atoms with van der Waals surface area (Å²) in [6.45, 7) is 1.94. The lowest BCUT2D eigenvalue weighted by Crippen LogP contribution is -2.19. The number of isocyanates is 1. The number of hydrogen-bond acceptors (Lipinski definition) is 3. The minimum Gasteiger partial charge on any atom is -0.461 e. The first kappa shape index (κ1) is 11.2. The molecule has 1 aromatic carbocycles. The molecule has 0 radical (unpaired) electrons. The van der Waals surface area contributed by atoms with Gasteiger partial charge in [0.2, 0.25) is 6.08 Å². The van der Waals surface area contributed by atoms with Crippen molar-refractivity contribution in [1.29, 1.82) is 0 Å². The van der Waals surface area contributed by atoms with Crippen LogP contribution in [0, 0.1) is 6.92 Å². The average molecular weight is 241 g/mol. The third kappa shape index (κ3) is 1.59. The lowest BCUT2D eigenvalue weighted by Gasteiger charge is -2.22. The minimum atomic E-state index is -0.411. The lowest BCUT2D eigenvalue weighted by atomic mass is 9.88. The van der Waals surface area contributed by atoms with Crippen molar-refractivity contribution in [2.24, 2.45) is 4.99 Å². The molecule has 0 amide bonds. The molecule has 0 atom stereocenters. The third-order valence-electron chi connectivity index (χ3n) is 3.86. The van der Waals surface area contributed by atoms with Crippen molar-refractivity contribution in [2.75, 3.05) is 0 Å². The molecule has 0 aliphatic heterocycles. The fourth-order valence-electron chi connectivity index (χ4n) is 3.05. The molecule has 92 valence electrons. The van der Waals surface area contributed by atoms with E-state index in [1.54, 1.807) is 6.08 Å². The highest BCUT2D eigenvalue weighted by Gasteiger charge is 2.37. The summed E-state index contributed by atoms with van der Waals surface area (Å²) < 4.78 is 5.79. The average Bonchev–Trinajstić information content (AvgIpc) is 2.94. The van der Waals surface area contributed by atoms with Crippen LogP contribution in [0.25, 0.3) is 11.0 Å². The van der Waals surface area contributed by atoms with E-state index in [0.29, 0.717) is 0 Å². The Hall–Kier alpha value is -1.86. The Morgan fingerprint density at radius 1 is 1.33 bits per heavy atom. The number of aryl methyl sites for hydroxylation is 1. The normalized spacial score (nSPS) is 17.8. The van der Waals surface area contributed by atoms with Gasteiger partial charge in [0.1, 0.15) is 16.9 Å². The number of fused-ring (bicyclic) bond motifs is 1. The number of nitrogens with zero attached hydrogens (tertiary/aromatic N) is 1. The Morgan fingerprint density at radius 3 is 2.83 bits per heavy atom. The van der Waals surface area contributed by atoms with Crippen molar-refractivity contribution in [3.8, 4) is 0 Å². The highest BCUT2D eigenvalue weighted by Crippen LogP contribution is 2.44. The molecule has 3 nitrogen and oxygen atoms in total. The molecule has 0 spiro atoms. The van der Waals surface area contributed by atoms with E-state index >= 15 is 0 Å². The first-order chi connectivity index (χ1) is 8.75. The summed E-state index contributed by atoms with van der Waals surface area (Å²) in [5, 5.41) is 1.08. The fourth-order valence-corrected chi connectivity index (χ4v) is 3.05. The molecule has 2 aromatic rings. The molecular formula is C15H15NO2. The van der Waals surface area contributed by atoms with Crippen LogP contribution in [0.1, 0.15) is 37.0 Å². The number of benzene rings is 1. The standard InChI is InChI=1S/C15H15NO2/c1-11-9-12-5-4-6-13(14(12)18-11)15(16-10-17)7-2-3-8-15/h4-6,9H,2-3,7-8H2,1H3. The molecule has 0 N–H and O–H groups in total. The van der Waals surface area contributed by atoms with Crippen LogP contribution >= 0.6 is 0 Å². The van der Waals surface area contributed by atoms with Crippen molar-refractivity contribution < 1.29 is 9.21 Å². The number of hydrogen-bond donors (Lipinski definition) is 0. The Bertz CT molecular complexity index is 629. The fraction of sp³-hybridized carbons (Fsp3) is 0.400. The second-order valence-electron chi connectivity index (χ2n) is 5.02. The zero-order valence-corrected chi connectivity index (χ0v) is 10.4. The van der Waals surface area contributed by atoms with Crippen LogP contribution < -0.4 is 0 Å². The smallest absolute Gasteiger partial charge is 0.235 e. The van der Waals surface area contributed by atoms with Crippen LogP contribution in [0.3, 0.4) is 0 Å². The molecule has 0 unspecified atom stereocenters. The van der Waals surface area contributed by atoms with Gasteiger partial charge in [0.15, 0.2) is 0 Å². The first-order valence-corrected chi connectivity index (χ1v) is 6.34. The molecule has 1 aliphatic rings. The quantitative estimate of drug-likeness (QED) is 0.592. The molecule has 0 bridgehead atoms. The number of rotatable bonds is 2. The van der Waals surface area contributed by atoms with E-state index in [1.807, 2.05) is 31.2 Å². The van der Waals surface area contributed by atoms with Gasteiger partial charge in [-0.2, -0.15) is 4.99 Å². The van der Waals surface area contributed by atoms with Crippen molar-refractivity contribution in [3.63, 3.8) is 0 Å². The van der Waals surface area contributed by atoms with Gasteiger partial charge < -0.3 is 4.42 Å². The van der Waals surface area contributed by atoms with Gasteiger partial charge in [-0.15, -0.1) is 0 Å². The lowest BCUT2D eigenvalue weighted by molar-refractivity contribution is 0.449. The van der Waals surface area contributed by atoms with Gasteiger partial charge in [0.25, 0.3) is 0 Å². The summed E-state index contributed by atoms with van der Waals surface area (Å²) >= 11 is 0. The summed E-state index contributed by atoms with van der Waals surface area (Å²) in [5.74, 6) is 0.890. The number of aliphatic imine (C=N–C) groups is 1. The van der Waals surface area contributed by atoms with Gasteiger partial charge in [-0.1, -0.05) is 31.0 Å². The van der Waals surface area contributed by atoms with E-state index in [-0.39, 0.29) is 0 Å². The van der Waals surface area contributed by atoms with Crippen molar-refractivity contribution in [2.45, 2.75) is 38.1 Å². The van der Waals surface area contributed by atoms with Gasteiger partial charge >= 0.3 is 0 Å². The van der Waals surface area contributed by atoms with Crippen LogP contribution in [0.15, 0.2) is 33.7 Å². The predicted molar refractivity (Wildman–Crippen MR) is 69.2 cm³/mol. The molecule has 1 fully saturated rings. The Morgan fingerprint density at radius 2 is 2.11 bits per heavy atom. The molecular weight excluding hydrogens is 226 g/mol. The third-order valence-corrected chi connectivity index (χ3v) is 3.86.